The fourth-order valence-electron chi connectivity index (χ4n) is 2.66. The summed E-state index contributed by atoms with van der Waals surface area (Å²) in [6, 6.07) is 0.710. The summed E-state index contributed by atoms with van der Waals surface area (Å²) in [4.78, 5) is 42.0. The number of nitrogens with zero attached hydrogens (tertiary/aromatic N) is 2. The van der Waals surface area contributed by atoms with Crippen LogP contribution in [0, 0.1) is 0 Å². The fraction of sp³-hybridized carbons (Fsp3) is 0.250. The SMILES string of the molecule is O=c1[nH]c(=O)n2c3c(c(Cl)c(C(F)(F)F)cc13)SCCC2.O=c1cncc[nH]1. The first-order valence-electron chi connectivity index (χ1n) is 7.88. The molecule has 3 heterocycles. The number of alkyl halides is 3. The monoisotopic (exact) mass is 432 g/mol. The second-order valence-electron chi connectivity index (χ2n) is 5.68. The summed E-state index contributed by atoms with van der Waals surface area (Å²) in [7, 11) is 0. The Labute approximate surface area is 163 Å². The number of aromatic amines is 2. The van der Waals surface area contributed by atoms with E-state index in [4.69, 9.17) is 11.6 Å². The topological polar surface area (TPSA) is 101 Å². The molecule has 148 valence electrons. The van der Waals surface area contributed by atoms with E-state index in [9.17, 15) is 27.6 Å². The molecule has 0 unspecified atom stereocenters. The molecular weight excluding hydrogens is 421 g/mol. The van der Waals surface area contributed by atoms with Gasteiger partial charge < -0.3 is 4.98 Å². The largest absolute Gasteiger partial charge is 0.417 e. The summed E-state index contributed by atoms with van der Waals surface area (Å²) >= 11 is 7.02. The summed E-state index contributed by atoms with van der Waals surface area (Å²) in [6.07, 6.45) is 0.157. The number of H-pyrrole nitrogens is 2. The third-order valence-corrected chi connectivity index (χ3v) is 5.51. The minimum Gasteiger partial charge on any atom is -0.326 e. The molecule has 1 aromatic carbocycles. The highest BCUT2D eigenvalue weighted by molar-refractivity contribution is 7.99. The Kier molecular flexibility index (Phi) is 5.66. The molecule has 0 saturated carbocycles. The zero-order valence-corrected chi connectivity index (χ0v) is 15.5. The summed E-state index contributed by atoms with van der Waals surface area (Å²) in [5, 5.41) is -0.628. The predicted octanol–water partition coefficient (Wildman–Crippen LogP) is 2.63. The Balaban J connectivity index is 0.000000271. The van der Waals surface area contributed by atoms with Gasteiger partial charge in [-0.3, -0.25) is 24.1 Å². The van der Waals surface area contributed by atoms with Crippen LogP contribution >= 0.6 is 23.4 Å². The third-order valence-electron chi connectivity index (χ3n) is 3.83. The van der Waals surface area contributed by atoms with Crippen molar-refractivity contribution in [2.24, 2.45) is 0 Å². The molecule has 0 amide bonds. The third kappa shape index (κ3) is 3.99. The first-order chi connectivity index (χ1) is 13.2. The van der Waals surface area contributed by atoms with Gasteiger partial charge in [0.2, 0.25) is 0 Å². The lowest BCUT2D eigenvalue weighted by Crippen LogP contribution is -2.30. The predicted molar refractivity (Wildman–Crippen MR) is 99.0 cm³/mol. The zero-order chi connectivity index (χ0) is 20.5. The van der Waals surface area contributed by atoms with E-state index in [1.807, 2.05) is 0 Å². The van der Waals surface area contributed by atoms with E-state index in [0.717, 1.165) is 11.8 Å². The first-order valence-corrected chi connectivity index (χ1v) is 9.24. The number of rotatable bonds is 0. The lowest BCUT2D eigenvalue weighted by molar-refractivity contribution is -0.137. The van der Waals surface area contributed by atoms with E-state index in [0.29, 0.717) is 24.8 Å². The zero-order valence-electron chi connectivity index (χ0n) is 14.0. The van der Waals surface area contributed by atoms with Crippen LogP contribution in [-0.4, -0.2) is 25.3 Å². The van der Waals surface area contributed by atoms with Crippen molar-refractivity contribution in [2.75, 3.05) is 5.75 Å². The Morgan fingerprint density at radius 1 is 1.25 bits per heavy atom. The maximum absolute atomic E-state index is 13.0. The Morgan fingerprint density at radius 3 is 2.57 bits per heavy atom. The van der Waals surface area contributed by atoms with E-state index in [1.165, 1.54) is 23.2 Å². The molecule has 2 aromatic heterocycles. The molecule has 12 heteroatoms. The minimum atomic E-state index is -4.66. The molecule has 0 radical (unpaired) electrons. The molecule has 0 atom stereocenters. The van der Waals surface area contributed by atoms with Crippen molar-refractivity contribution in [1.82, 2.24) is 19.5 Å². The van der Waals surface area contributed by atoms with Crippen LogP contribution in [0.1, 0.15) is 12.0 Å². The van der Waals surface area contributed by atoms with E-state index in [2.05, 4.69) is 15.0 Å². The van der Waals surface area contributed by atoms with Gasteiger partial charge in [0.25, 0.3) is 11.1 Å². The van der Waals surface area contributed by atoms with Crippen LogP contribution in [0.5, 0.6) is 0 Å². The highest BCUT2D eigenvalue weighted by atomic mass is 35.5. The van der Waals surface area contributed by atoms with E-state index in [1.54, 1.807) is 0 Å². The number of aromatic nitrogens is 4. The normalized spacial score (nSPS) is 13.6. The van der Waals surface area contributed by atoms with Crippen molar-refractivity contribution in [3.05, 3.63) is 66.4 Å². The van der Waals surface area contributed by atoms with Gasteiger partial charge in [0.1, 0.15) is 0 Å². The number of benzene rings is 1. The van der Waals surface area contributed by atoms with E-state index < -0.39 is 28.0 Å². The van der Waals surface area contributed by atoms with Gasteiger partial charge in [-0.05, 0) is 18.2 Å². The number of hydrogen-bond donors (Lipinski definition) is 2. The van der Waals surface area contributed by atoms with Crippen molar-refractivity contribution in [1.29, 1.82) is 0 Å². The molecule has 0 bridgehead atoms. The molecule has 1 aliphatic heterocycles. The highest BCUT2D eigenvalue weighted by Crippen LogP contribution is 2.43. The number of nitrogens with one attached hydrogen (secondary N) is 2. The van der Waals surface area contributed by atoms with E-state index >= 15 is 0 Å². The van der Waals surface area contributed by atoms with Crippen LogP contribution < -0.4 is 16.8 Å². The van der Waals surface area contributed by atoms with Crippen LogP contribution in [0.25, 0.3) is 10.9 Å². The molecule has 4 rings (SSSR count). The van der Waals surface area contributed by atoms with Crippen LogP contribution in [0.4, 0.5) is 13.2 Å². The van der Waals surface area contributed by atoms with Gasteiger partial charge >= 0.3 is 11.9 Å². The van der Waals surface area contributed by atoms with Crippen molar-refractivity contribution < 1.29 is 13.2 Å². The Hall–Kier alpha value is -2.53. The molecule has 0 saturated heterocycles. The minimum absolute atomic E-state index is 0.141. The molecule has 0 fully saturated rings. The molecule has 3 aromatic rings. The molecule has 0 aliphatic carbocycles. The summed E-state index contributed by atoms with van der Waals surface area (Å²) < 4.78 is 40.4. The van der Waals surface area contributed by atoms with Gasteiger partial charge in [-0.15, -0.1) is 11.8 Å². The van der Waals surface area contributed by atoms with Gasteiger partial charge in [0, 0.05) is 18.9 Å². The average Bonchev–Trinajstić information content (AvgIpc) is 2.85. The van der Waals surface area contributed by atoms with Crippen LogP contribution in [0.2, 0.25) is 5.02 Å². The molecule has 28 heavy (non-hydrogen) atoms. The second kappa shape index (κ2) is 7.84. The quantitative estimate of drug-likeness (QED) is 0.568. The van der Waals surface area contributed by atoms with Gasteiger partial charge in [-0.1, -0.05) is 11.6 Å². The number of thioether (sulfide) groups is 1. The maximum Gasteiger partial charge on any atom is 0.417 e. The van der Waals surface area contributed by atoms with Crippen LogP contribution in [0.15, 0.2) is 43.9 Å². The van der Waals surface area contributed by atoms with Crippen molar-refractivity contribution in [3.63, 3.8) is 0 Å². The molecule has 0 spiro atoms. The number of aryl methyl sites for hydroxylation is 1. The van der Waals surface area contributed by atoms with Gasteiger partial charge in [-0.2, -0.15) is 13.2 Å². The first kappa shape index (κ1) is 20.2. The number of halogens is 4. The van der Waals surface area contributed by atoms with Crippen molar-refractivity contribution in [2.45, 2.75) is 24.0 Å². The summed E-state index contributed by atoms with van der Waals surface area (Å²) in [6.45, 7) is 0.327. The number of hydrogen-bond acceptors (Lipinski definition) is 5. The fourth-order valence-corrected chi connectivity index (χ4v) is 4.14. The average molecular weight is 433 g/mol. The lowest BCUT2D eigenvalue weighted by Gasteiger charge is -2.15. The Morgan fingerprint density at radius 2 is 2.00 bits per heavy atom. The molecular formula is C16H12ClF3N4O3S. The summed E-state index contributed by atoms with van der Waals surface area (Å²) in [5.41, 5.74) is -2.51. The van der Waals surface area contributed by atoms with E-state index in [-0.39, 0.29) is 21.4 Å². The lowest BCUT2D eigenvalue weighted by atomic mass is 10.1. The smallest absolute Gasteiger partial charge is 0.326 e. The standard InChI is InChI=1S/C12H8ClF3N2O2S.C4H4N2O/c13-7-6(12(14,15)16)4-5-8-9(7)21-3-1-2-18(8)11(20)17-10(5)19;7-4-3-5-1-2-6-4/h4H,1-3H2,(H,17,19,20);1-3H,(H,6,7). The van der Waals surface area contributed by atoms with Crippen LogP contribution in [-0.2, 0) is 12.7 Å². The van der Waals surface area contributed by atoms with Gasteiger partial charge in [-0.25, -0.2) is 4.79 Å². The van der Waals surface area contributed by atoms with Crippen molar-refractivity contribution in [3.8, 4) is 0 Å². The molecule has 2 N–H and O–H groups in total. The van der Waals surface area contributed by atoms with Crippen LogP contribution in [0.3, 0.4) is 0 Å². The maximum atomic E-state index is 13.0. The second-order valence-corrected chi connectivity index (χ2v) is 7.16. The highest BCUT2D eigenvalue weighted by Gasteiger charge is 2.36. The molecule has 7 nitrogen and oxygen atoms in total. The Bertz CT molecular complexity index is 1190. The van der Waals surface area contributed by atoms with Gasteiger partial charge in [0.15, 0.2) is 0 Å². The molecule has 1 aliphatic rings. The summed E-state index contributed by atoms with van der Waals surface area (Å²) in [5.74, 6) is 0.519. The van der Waals surface area contributed by atoms with Crippen molar-refractivity contribution >= 4 is 34.3 Å². The van der Waals surface area contributed by atoms with Gasteiger partial charge in [0.05, 0.1) is 32.6 Å².